The molecule has 184 valence electrons. The maximum absolute atomic E-state index is 13.4. The number of imidazole rings is 1. The molecule has 2 N–H and O–H groups in total. The van der Waals surface area contributed by atoms with Gasteiger partial charge in [0.1, 0.15) is 42.8 Å². The third-order valence-electron chi connectivity index (χ3n) is 7.80. The van der Waals surface area contributed by atoms with E-state index in [1.165, 1.54) is 5.82 Å². The summed E-state index contributed by atoms with van der Waals surface area (Å²) < 4.78 is 10.5. The van der Waals surface area contributed by atoms with Crippen molar-refractivity contribution < 1.29 is 14.1 Å². The van der Waals surface area contributed by atoms with Crippen molar-refractivity contribution in [3.8, 4) is 5.75 Å². The zero-order chi connectivity index (χ0) is 25.0. The number of nitrogens with two attached hydrogens (primary N) is 1. The predicted molar refractivity (Wildman–Crippen MR) is 141 cm³/mol. The molecule has 1 aliphatic rings. The average Bonchev–Trinajstić information content (AvgIpc) is 3.53. The van der Waals surface area contributed by atoms with Crippen LogP contribution < -0.4 is 15.0 Å². The second kappa shape index (κ2) is 10.4. The van der Waals surface area contributed by atoms with Crippen LogP contribution in [-0.2, 0) is 16.8 Å². The molecule has 2 atom stereocenters. The maximum Gasteiger partial charge on any atom is 0.253 e. The fraction of sp³-hybridized carbons (Fsp3) is 0.290. The molecule has 1 aromatic heterocycles. The van der Waals surface area contributed by atoms with E-state index < -0.39 is 5.41 Å². The Morgan fingerprint density at radius 2 is 1.53 bits per heavy atom. The molecule has 5 rings (SSSR count). The van der Waals surface area contributed by atoms with Gasteiger partial charge in [-0.25, -0.2) is 9.13 Å². The second-order valence-corrected chi connectivity index (χ2v) is 9.68. The highest BCUT2D eigenvalue weighted by molar-refractivity contribution is 5.91. The Hall–Kier alpha value is -3.86. The number of aromatic nitrogens is 2. The van der Waals surface area contributed by atoms with Gasteiger partial charge in [0, 0.05) is 6.92 Å². The summed E-state index contributed by atoms with van der Waals surface area (Å²) in [5.41, 5.74) is 7.38. The molecule has 36 heavy (non-hydrogen) atoms. The van der Waals surface area contributed by atoms with E-state index in [0.717, 1.165) is 42.7 Å². The fourth-order valence-electron chi connectivity index (χ4n) is 6.05. The Bertz CT molecular complexity index is 1250. The van der Waals surface area contributed by atoms with Crippen molar-refractivity contribution in [3.05, 3.63) is 120 Å². The van der Waals surface area contributed by atoms with Crippen molar-refractivity contribution in [2.45, 2.75) is 44.2 Å². The van der Waals surface area contributed by atoms with E-state index in [1.54, 1.807) is 0 Å². The number of carbonyl (C=O) groups excluding carboxylic acids is 1. The van der Waals surface area contributed by atoms with Crippen molar-refractivity contribution in [3.63, 3.8) is 0 Å². The van der Waals surface area contributed by atoms with Crippen LogP contribution in [0.2, 0.25) is 0 Å². The molecule has 0 saturated heterocycles. The topological polar surface area (TPSA) is 61.1 Å². The molecule has 0 aliphatic heterocycles. The number of nitrogens with zero attached hydrogens (tertiary/aromatic N) is 2. The fourth-order valence-corrected chi connectivity index (χ4v) is 6.05. The van der Waals surface area contributed by atoms with Crippen molar-refractivity contribution in [1.29, 1.82) is 0 Å². The predicted octanol–water partition coefficient (Wildman–Crippen LogP) is 4.98. The first-order valence-electron chi connectivity index (χ1n) is 12.8. The number of carbonyl (C=O) groups is 1. The van der Waals surface area contributed by atoms with Gasteiger partial charge in [-0.15, -0.1) is 0 Å². The summed E-state index contributed by atoms with van der Waals surface area (Å²) in [5.74, 6) is 1.92. The Labute approximate surface area is 213 Å². The number of ether oxygens (including phenoxy) is 1. The molecule has 0 spiro atoms. The van der Waals surface area contributed by atoms with Crippen molar-refractivity contribution >= 4 is 5.91 Å². The zero-order valence-electron chi connectivity index (χ0n) is 20.8. The Morgan fingerprint density at radius 3 is 2.11 bits per heavy atom. The van der Waals surface area contributed by atoms with Crippen LogP contribution in [0.25, 0.3) is 0 Å². The molecule has 4 aromatic rings. The van der Waals surface area contributed by atoms with Crippen LogP contribution in [0.3, 0.4) is 0 Å². The van der Waals surface area contributed by atoms with E-state index in [1.807, 2.05) is 91.0 Å². The van der Waals surface area contributed by atoms with Gasteiger partial charge in [0.15, 0.2) is 0 Å². The second-order valence-electron chi connectivity index (χ2n) is 9.68. The van der Waals surface area contributed by atoms with Crippen molar-refractivity contribution in [1.82, 2.24) is 4.57 Å². The number of benzene rings is 3. The summed E-state index contributed by atoms with van der Waals surface area (Å²) in [6.45, 7) is 3.55. The third-order valence-corrected chi connectivity index (χ3v) is 7.80. The van der Waals surface area contributed by atoms with E-state index in [0.29, 0.717) is 12.6 Å². The van der Waals surface area contributed by atoms with Gasteiger partial charge in [0.2, 0.25) is 5.91 Å². The quantitative estimate of drug-likeness (QED) is 0.344. The lowest BCUT2D eigenvalue weighted by Crippen LogP contribution is -2.47. The summed E-state index contributed by atoms with van der Waals surface area (Å²) in [4.78, 5) is 13.4. The highest BCUT2D eigenvalue weighted by Gasteiger charge is 2.51. The highest BCUT2D eigenvalue weighted by Crippen LogP contribution is 2.49. The number of hydrogen-bond donors (Lipinski definition) is 1. The number of hydrogen-bond acceptors (Lipinski definition) is 2. The molecule has 0 unspecified atom stereocenters. The summed E-state index contributed by atoms with van der Waals surface area (Å²) in [7, 11) is 0. The Balaban J connectivity index is 1.38. The minimum Gasteiger partial charge on any atom is -0.489 e. The van der Waals surface area contributed by atoms with Crippen LogP contribution in [0, 0.1) is 12.8 Å². The van der Waals surface area contributed by atoms with E-state index in [4.69, 9.17) is 10.5 Å². The normalized spacial score (nSPS) is 17.7. The van der Waals surface area contributed by atoms with Crippen molar-refractivity contribution in [2.24, 2.45) is 11.7 Å². The van der Waals surface area contributed by atoms with Crippen LogP contribution in [0.1, 0.15) is 42.3 Å². The first-order valence-corrected chi connectivity index (χ1v) is 12.8. The Morgan fingerprint density at radius 1 is 0.944 bits per heavy atom. The summed E-state index contributed by atoms with van der Waals surface area (Å²) in [5, 5.41) is 0. The number of amides is 1. The van der Waals surface area contributed by atoms with E-state index in [-0.39, 0.29) is 11.8 Å². The molecule has 0 radical (unpaired) electrons. The lowest BCUT2D eigenvalue weighted by Gasteiger charge is -2.37. The lowest BCUT2D eigenvalue weighted by molar-refractivity contribution is -0.703. The number of primary amides is 1. The van der Waals surface area contributed by atoms with Gasteiger partial charge in [0.05, 0.1) is 0 Å². The van der Waals surface area contributed by atoms with Gasteiger partial charge in [-0.05, 0) is 48.4 Å². The van der Waals surface area contributed by atoms with Gasteiger partial charge in [-0.3, -0.25) is 4.79 Å². The number of rotatable bonds is 9. The average molecular weight is 481 g/mol. The number of para-hydroxylation sites is 1. The summed E-state index contributed by atoms with van der Waals surface area (Å²) >= 11 is 0. The molecule has 5 heteroatoms. The minimum absolute atomic E-state index is 0.112. The SMILES string of the molecule is Cc1n([C@@H]2CC[C@H](C(C(N)=O)(c3ccccc3)c3ccccc3)C2)cc[n+]1CCOc1ccccc1. The Kier molecular flexibility index (Phi) is 6.90. The molecule has 1 saturated carbocycles. The van der Waals surface area contributed by atoms with Crippen molar-refractivity contribution in [2.75, 3.05) is 6.61 Å². The molecule has 0 bridgehead atoms. The van der Waals surface area contributed by atoms with Gasteiger partial charge < -0.3 is 10.5 Å². The molecule has 3 aromatic carbocycles. The van der Waals surface area contributed by atoms with Gasteiger partial charge in [0.25, 0.3) is 5.82 Å². The van der Waals surface area contributed by atoms with Crippen LogP contribution in [-0.4, -0.2) is 17.1 Å². The minimum atomic E-state index is -0.849. The van der Waals surface area contributed by atoms with Crippen LogP contribution in [0.5, 0.6) is 5.75 Å². The van der Waals surface area contributed by atoms with Gasteiger partial charge in [-0.2, -0.15) is 0 Å². The molecular formula is C31H34N3O2+. The smallest absolute Gasteiger partial charge is 0.253 e. The largest absolute Gasteiger partial charge is 0.489 e. The first kappa shape index (κ1) is 23.9. The summed E-state index contributed by atoms with van der Waals surface area (Å²) in [6.07, 6.45) is 7.14. The molecule has 5 nitrogen and oxygen atoms in total. The standard InChI is InChI=1S/C31H33N3O2/c1-24-33(21-22-36-29-15-9-4-10-16-29)19-20-34(24)28-18-17-27(23-28)31(30(32)35,25-11-5-2-6-12-25)26-13-7-3-8-14-26/h2-16,19-20,27-28H,17-18,21-23H2,1H3,(H-,32,35)/p+1/t27-,28+/m0/s1. The van der Waals surface area contributed by atoms with E-state index in [9.17, 15) is 4.79 Å². The summed E-state index contributed by atoms with van der Waals surface area (Å²) in [6, 6.07) is 30.4. The van der Waals surface area contributed by atoms with Crippen LogP contribution >= 0.6 is 0 Å². The molecule has 1 fully saturated rings. The van der Waals surface area contributed by atoms with E-state index in [2.05, 4.69) is 28.5 Å². The van der Waals surface area contributed by atoms with Crippen LogP contribution in [0.15, 0.2) is 103 Å². The highest BCUT2D eigenvalue weighted by atomic mass is 16.5. The monoisotopic (exact) mass is 480 g/mol. The molecular weight excluding hydrogens is 446 g/mol. The molecule has 1 heterocycles. The zero-order valence-corrected chi connectivity index (χ0v) is 20.8. The lowest BCUT2D eigenvalue weighted by atomic mass is 9.64. The van der Waals surface area contributed by atoms with Gasteiger partial charge in [-0.1, -0.05) is 78.9 Å². The third kappa shape index (κ3) is 4.41. The first-order chi connectivity index (χ1) is 17.6. The van der Waals surface area contributed by atoms with Crippen LogP contribution in [0.4, 0.5) is 0 Å². The van der Waals surface area contributed by atoms with E-state index >= 15 is 0 Å². The van der Waals surface area contributed by atoms with Gasteiger partial charge >= 0.3 is 0 Å². The maximum atomic E-state index is 13.4. The molecule has 1 amide bonds. The molecule has 1 aliphatic carbocycles.